The zero-order chi connectivity index (χ0) is 11.4. The molecule has 2 heterocycles. The predicted octanol–water partition coefficient (Wildman–Crippen LogP) is 1.67. The summed E-state index contributed by atoms with van der Waals surface area (Å²) in [4.78, 5) is 4.22. The van der Waals surface area contributed by atoms with Crippen LogP contribution in [0.5, 0.6) is 0 Å². The van der Waals surface area contributed by atoms with Crippen LogP contribution >= 0.6 is 11.6 Å². The van der Waals surface area contributed by atoms with Crippen LogP contribution in [-0.4, -0.2) is 24.5 Å². The van der Waals surface area contributed by atoms with Crippen molar-refractivity contribution in [3.05, 3.63) is 30.1 Å². The fourth-order valence-corrected chi connectivity index (χ4v) is 1.65. The van der Waals surface area contributed by atoms with Gasteiger partial charge in [-0.15, -0.1) is 11.6 Å². The van der Waals surface area contributed by atoms with Crippen molar-refractivity contribution in [1.29, 1.82) is 0 Å². The molecule has 0 aromatic carbocycles. The Morgan fingerprint density at radius 3 is 2.94 bits per heavy atom. The van der Waals surface area contributed by atoms with Gasteiger partial charge in [-0.25, -0.2) is 9.67 Å². The molecule has 16 heavy (non-hydrogen) atoms. The first kappa shape index (κ1) is 11.1. The number of alkyl halides is 1. The van der Waals surface area contributed by atoms with Crippen molar-refractivity contribution in [3.8, 4) is 0 Å². The Hall–Kier alpha value is -1.36. The van der Waals surface area contributed by atoms with E-state index in [1.165, 1.54) is 0 Å². The summed E-state index contributed by atoms with van der Waals surface area (Å²) >= 11 is 5.72. The number of nitrogens with zero attached hydrogens (tertiary/aromatic N) is 5. The third kappa shape index (κ3) is 2.41. The molecule has 0 saturated carbocycles. The zero-order valence-electron chi connectivity index (χ0n) is 9.17. The number of aryl methyl sites for hydroxylation is 1. The van der Waals surface area contributed by atoms with Gasteiger partial charge in [0.05, 0.1) is 12.1 Å². The second kappa shape index (κ2) is 5.12. The minimum absolute atomic E-state index is 0.488. The summed E-state index contributed by atoms with van der Waals surface area (Å²) in [6.07, 6.45) is 6.32. The summed E-state index contributed by atoms with van der Waals surface area (Å²) in [5.41, 5.74) is 1.02. The van der Waals surface area contributed by atoms with Crippen molar-refractivity contribution < 1.29 is 0 Å². The molecule has 0 N–H and O–H groups in total. The summed E-state index contributed by atoms with van der Waals surface area (Å²) in [6.45, 7) is 3.64. The lowest BCUT2D eigenvalue weighted by Gasteiger charge is -2.04. The molecule has 0 saturated heterocycles. The molecule has 0 aliphatic carbocycles. The maximum Gasteiger partial charge on any atom is 0.148 e. The summed E-state index contributed by atoms with van der Waals surface area (Å²) in [5.74, 6) is 1.41. The molecule has 0 atom stereocenters. The Labute approximate surface area is 99.1 Å². The summed E-state index contributed by atoms with van der Waals surface area (Å²) < 4.78 is 3.73. The van der Waals surface area contributed by atoms with E-state index in [1.54, 1.807) is 12.5 Å². The highest BCUT2D eigenvalue weighted by Gasteiger charge is 2.05. The average molecular weight is 240 g/mol. The van der Waals surface area contributed by atoms with Crippen molar-refractivity contribution >= 4 is 11.6 Å². The van der Waals surface area contributed by atoms with Crippen LogP contribution in [0.3, 0.4) is 0 Å². The Bertz CT molecular complexity index is 448. The molecule has 0 radical (unpaired) electrons. The summed E-state index contributed by atoms with van der Waals surface area (Å²) in [6, 6.07) is 0. The topological polar surface area (TPSA) is 48.5 Å². The van der Waals surface area contributed by atoms with E-state index in [9.17, 15) is 0 Å². The summed E-state index contributed by atoms with van der Waals surface area (Å²) in [5, 5.41) is 8.38. The van der Waals surface area contributed by atoms with Gasteiger partial charge < -0.3 is 0 Å². The van der Waals surface area contributed by atoms with Crippen molar-refractivity contribution in [2.75, 3.05) is 0 Å². The normalized spacial score (nSPS) is 10.9. The quantitative estimate of drug-likeness (QED) is 0.746. The minimum atomic E-state index is 0.488. The van der Waals surface area contributed by atoms with E-state index in [4.69, 9.17) is 11.6 Å². The van der Waals surface area contributed by atoms with Crippen LogP contribution < -0.4 is 0 Å². The molecule has 2 aromatic heterocycles. The molecule has 0 amide bonds. The van der Waals surface area contributed by atoms with Crippen LogP contribution in [0.25, 0.3) is 0 Å². The molecule has 0 fully saturated rings. The lowest BCUT2D eigenvalue weighted by molar-refractivity contribution is 0.539. The lowest BCUT2D eigenvalue weighted by atomic mass is 10.4. The van der Waals surface area contributed by atoms with E-state index in [0.29, 0.717) is 12.4 Å². The molecule has 0 spiro atoms. The number of aromatic nitrogens is 5. The van der Waals surface area contributed by atoms with Crippen LogP contribution in [-0.2, 0) is 19.0 Å². The van der Waals surface area contributed by atoms with Crippen LogP contribution in [0.4, 0.5) is 0 Å². The van der Waals surface area contributed by atoms with Crippen molar-refractivity contribution in [2.24, 2.45) is 0 Å². The van der Waals surface area contributed by atoms with E-state index >= 15 is 0 Å². The second-order valence-electron chi connectivity index (χ2n) is 3.58. The molecule has 0 aliphatic rings. The molecular formula is C10H14ClN5. The molecule has 5 nitrogen and oxygen atoms in total. The smallest absolute Gasteiger partial charge is 0.148 e. The standard InChI is InChI=1S/C10H14ClN5/c1-2-3-16-10(12-8-14-16)7-15-6-9(4-11)5-13-15/h5-6,8H,2-4,7H2,1H3. The first-order chi connectivity index (χ1) is 7.83. The van der Waals surface area contributed by atoms with E-state index in [2.05, 4.69) is 22.1 Å². The second-order valence-corrected chi connectivity index (χ2v) is 3.85. The van der Waals surface area contributed by atoms with Gasteiger partial charge in [-0.1, -0.05) is 6.92 Å². The highest BCUT2D eigenvalue weighted by atomic mass is 35.5. The Balaban J connectivity index is 2.10. The average Bonchev–Trinajstić information content (AvgIpc) is 2.90. The number of halogens is 1. The Morgan fingerprint density at radius 1 is 1.38 bits per heavy atom. The summed E-state index contributed by atoms with van der Waals surface area (Å²) in [7, 11) is 0. The fraction of sp³-hybridized carbons (Fsp3) is 0.500. The van der Waals surface area contributed by atoms with Gasteiger partial charge in [-0.2, -0.15) is 10.2 Å². The Morgan fingerprint density at radius 2 is 2.25 bits per heavy atom. The van der Waals surface area contributed by atoms with Gasteiger partial charge in [-0.3, -0.25) is 4.68 Å². The maximum absolute atomic E-state index is 5.72. The molecule has 0 unspecified atom stereocenters. The molecule has 0 bridgehead atoms. The van der Waals surface area contributed by atoms with Crippen LogP contribution in [0, 0.1) is 0 Å². The van der Waals surface area contributed by atoms with Gasteiger partial charge in [0.25, 0.3) is 0 Å². The largest absolute Gasteiger partial charge is 0.265 e. The molecule has 0 aliphatic heterocycles. The molecular weight excluding hydrogens is 226 g/mol. The SMILES string of the molecule is CCCn1ncnc1Cn1cc(CCl)cn1. The van der Waals surface area contributed by atoms with Gasteiger partial charge in [0.2, 0.25) is 0 Å². The Kier molecular flexibility index (Phi) is 3.56. The highest BCUT2D eigenvalue weighted by molar-refractivity contribution is 6.17. The molecule has 2 aromatic rings. The highest BCUT2D eigenvalue weighted by Crippen LogP contribution is 2.04. The van der Waals surface area contributed by atoms with Crippen molar-refractivity contribution in [1.82, 2.24) is 24.5 Å². The van der Waals surface area contributed by atoms with Crippen molar-refractivity contribution in [3.63, 3.8) is 0 Å². The van der Waals surface area contributed by atoms with Crippen LogP contribution in [0.2, 0.25) is 0 Å². The zero-order valence-corrected chi connectivity index (χ0v) is 9.93. The lowest BCUT2D eigenvalue weighted by Crippen LogP contribution is -2.10. The van der Waals surface area contributed by atoms with Gasteiger partial charge in [-0.05, 0) is 6.42 Å². The minimum Gasteiger partial charge on any atom is -0.265 e. The van der Waals surface area contributed by atoms with E-state index < -0.39 is 0 Å². The predicted molar refractivity (Wildman–Crippen MR) is 61.2 cm³/mol. The molecule has 2 rings (SSSR count). The van der Waals surface area contributed by atoms with Gasteiger partial charge in [0.1, 0.15) is 18.7 Å². The third-order valence-corrected chi connectivity index (χ3v) is 2.58. The van der Waals surface area contributed by atoms with Gasteiger partial charge >= 0.3 is 0 Å². The van der Waals surface area contributed by atoms with Crippen LogP contribution in [0.1, 0.15) is 24.7 Å². The first-order valence-electron chi connectivity index (χ1n) is 5.27. The van der Waals surface area contributed by atoms with Gasteiger partial charge in [0, 0.05) is 18.3 Å². The van der Waals surface area contributed by atoms with Crippen molar-refractivity contribution in [2.45, 2.75) is 32.3 Å². The van der Waals surface area contributed by atoms with E-state index in [1.807, 2.05) is 15.6 Å². The number of rotatable bonds is 5. The molecule has 6 heteroatoms. The van der Waals surface area contributed by atoms with Gasteiger partial charge in [0.15, 0.2) is 0 Å². The van der Waals surface area contributed by atoms with Crippen LogP contribution in [0.15, 0.2) is 18.7 Å². The van der Waals surface area contributed by atoms with E-state index in [0.717, 1.165) is 24.4 Å². The number of hydrogen-bond acceptors (Lipinski definition) is 3. The monoisotopic (exact) mass is 239 g/mol. The molecule has 86 valence electrons. The fourth-order valence-electron chi connectivity index (χ4n) is 1.52. The number of hydrogen-bond donors (Lipinski definition) is 0. The maximum atomic E-state index is 5.72. The third-order valence-electron chi connectivity index (χ3n) is 2.28. The first-order valence-corrected chi connectivity index (χ1v) is 5.81. The van der Waals surface area contributed by atoms with E-state index in [-0.39, 0.29) is 0 Å².